The van der Waals surface area contributed by atoms with Gasteiger partial charge in [-0.05, 0) is 56.3 Å². The molecule has 0 bridgehead atoms. The molecule has 2 N–H and O–H groups in total. The van der Waals surface area contributed by atoms with Crippen LogP contribution >= 0.6 is 11.6 Å². The number of nitrogens with one attached hydrogen (secondary N) is 2. The molecule has 3 aromatic rings. The van der Waals surface area contributed by atoms with Crippen LogP contribution in [0.25, 0.3) is 5.69 Å². The molecule has 0 spiro atoms. The Hall–Kier alpha value is -2.84. The zero-order valence-electron chi connectivity index (χ0n) is 16.4. The van der Waals surface area contributed by atoms with Gasteiger partial charge in [-0.15, -0.1) is 0 Å². The second-order valence-electron chi connectivity index (χ2n) is 7.36. The van der Waals surface area contributed by atoms with E-state index in [1.807, 2.05) is 12.1 Å². The number of hydrogen-bond acceptors (Lipinski definition) is 3. The number of amides is 1. The number of para-hydroxylation sites is 1. The second-order valence-corrected chi connectivity index (χ2v) is 7.77. The number of carbonyl (C=O) groups is 1. The lowest BCUT2D eigenvalue weighted by Gasteiger charge is -2.25. The normalized spacial score (nSPS) is 15.1. The number of alkyl halides is 3. The van der Waals surface area contributed by atoms with Gasteiger partial charge in [-0.2, -0.15) is 18.3 Å². The molecule has 0 atom stereocenters. The van der Waals surface area contributed by atoms with Gasteiger partial charge in [0.25, 0.3) is 5.91 Å². The first kappa shape index (κ1) is 21.4. The minimum Gasteiger partial charge on any atom is -0.322 e. The first-order valence-electron chi connectivity index (χ1n) is 9.87. The van der Waals surface area contributed by atoms with Gasteiger partial charge in [0.15, 0.2) is 0 Å². The lowest BCUT2D eigenvalue weighted by atomic mass is 9.91. The maximum atomic E-state index is 13.1. The summed E-state index contributed by atoms with van der Waals surface area (Å²) in [5.74, 6) is -0.451. The van der Waals surface area contributed by atoms with Crippen LogP contribution in [0.3, 0.4) is 0 Å². The maximum absolute atomic E-state index is 13.1. The molecular weight excluding hydrogens is 429 g/mol. The predicted octanol–water partition coefficient (Wildman–Crippen LogP) is 5.26. The number of piperidine rings is 1. The lowest BCUT2D eigenvalue weighted by molar-refractivity contribution is -0.137. The Morgan fingerprint density at radius 3 is 2.58 bits per heavy atom. The van der Waals surface area contributed by atoms with Crippen molar-refractivity contribution in [2.75, 3.05) is 18.4 Å². The highest BCUT2D eigenvalue weighted by atomic mass is 35.5. The molecule has 0 radical (unpaired) electrons. The second kappa shape index (κ2) is 8.72. The molecular formula is C22H20ClF3N4O. The van der Waals surface area contributed by atoms with Crippen LogP contribution in [0, 0.1) is 0 Å². The van der Waals surface area contributed by atoms with Crippen molar-refractivity contribution in [3.63, 3.8) is 0 Å². The van der Waals surface area contributed by atoms with Crippen LogP contribution in [0.1, 0.15) is 40.4 Å². The van der Waals surface area contributed by atoms with E-state index in [-0.39, 0.29) is 11.6 Å². The summed E-state index contributed by atoms with van der Waals surface area (Å²) in [6.45, 7) is 1.60. The largest absolute Gasteiger partial charge is 0.416 e. The van der Waals surface area contributed by atoms with Crippen LogP contribution < -0.4 is 10.6 Å². The van der Waals surface area contributed by atoms with E-state index >= 15 is 0 Å². The minimum absolute atomic E-state index is 0.0577. The Labute approximate surface area is 182 Å². The van der Waals surface area contributed by atoms with Crippen molar-refractivity contribution in [2.24, 2.45) is 0 Å². The molecule has 4 rings (SSSR count). The summed E-state index contributed by atoms with van der Waals surface area (Å²) >= 11 is 6.37. The minimum atomic E-state index is -4.49. The van der Waals surface area contributed by atoms with Crippen molar-refractivity contribution in [1.82, 2.24) is 15.1 Å². The molecule has 162 valence electrons. The topological polar surface area (TPSA) is 59.0 Å². The quantitative estimate of drug-likeness (QED) is 0.572. The molecule has 2 aromatic carbocycles. The molecule has 1 aromatic heterocycles. The molecule has 1 fully saturated rings. The Morgan fingerprint density at radius 1 is 1.13 bits per heavy atom. The predicted molar refractivity (Wildman–Crippen MR) is 113 cm³/mol. The van der Waals surface area contributed by atoms with E-state index in [9.17, 15) is 18.0 Å². The van der Waals surface area contributed by atoms with Crippen molar-refractivity contribution in [3.05, 3.63) is 76.6 Å². The number of halogens is 4. The van der Waals surface area contributed by atoms with E-state index in [4.69, 9.17) is 11.6 Å². The van der Waals surface area contributed by atoms with E-state index in [0.717, 1.165) is 38.1 Å². The molecule has 0 aliphatic carbocycles. The summed E-state index contributed by atoms with van der Waals surface area (Å²) in [7, 11) is 0. The van der Waals surface area contributed by atoms with E-state index in [2.05, 4.69) is 15.7 Å². The summed E-state index contributed by atoms with van der Waals surface area (Å²) in [5.41, 5.74) is 0.927. The molecule has 0 saturated carbocycles. The van der Waals surface area contributed by atoms with Crippen LogP contribution in [0.2, 0.25) is 5.02 Å². The van der Waals surface area contributed by atoms with Crippen LogP contribution in [0.15, 0.2) is 54.7 Å². The SMILES string of the molecule is O=C(Nc1cccc(C(F)(F)F)c1)c1cnn(-c2ccccc2Cl)c1C1CCNCC1. The number of carbonyl (C=O) groups excluding carboxylic acids is 1. The Bertz CT molecular complexity index is 1090. The van der Waals surface area contributed by atoms with Gasteiger partial charge in [-0.1, -0.05) is 29.8 Å². The smallest absolute Gasteiger partial charge is 0.322 e. The third-order valence-electron chi connectivity index (χ3n) is 5.31. The van der Waals surface area contributed by atoms with Crippen molar-refractivity contribution in [3.8, 4) is 5.69 Å². The highest BCUT2D eigenvalue weighted by Gasteiger charge is 2.31. The van der Waals surface area contributed by atoms with Crippen LogP contribution in [-0.2, 0) is 6.18 Å². The van der Waals surface area contributed by atoms with Crippen LogP contribution in [-0.4, -0.2) is 28.8 Å². The maximum Gasteiger partial charge on any atom is 0.416 e. The Balaban J connectivity index is 1.71. The Kier molecular flexibility index (Phi) is 6.02. The number of hydrogen-bond donors (Lipinski definition) is 2. The van der Waals surface area contributed by atoms with Crippen molar-refractivity contribution in [2.45, 2.75) is 24.9 Å². The van der Waals surface area contributed by atoms with E-state index in [1.54, 1.807) is 16.8 Å². The van der Waals surface area contributed by atoms with E-state index in [0.29, 0.717) is 22.0 Å². The van der Waals surface area contributed by atoms with Crippen molar-refractivity contribution >= 4 is 23.2 Å². The molecule has 1 saturated heterocycles. The van der Waals surface area contributed by atoms with Crippen LogP contribution in [0.5, 0.6) is 0 Å². The molecule has 5 nitrogen and oxygen atoms in total. The van der Waals surface area contributed by atoms with Gasteiger partial charge in [0.1, 0.15) is 0 Å². The highest BCUT2D eigenvalue weighted by molar-refractivity contribution is 6.32. The molecule has 1 amide bonds. The number of anilines is 1. The van der Waals surface area contributed by atoms with Gasteiger partial charge in [-0.25, -0.2) is 4.68 Å². The summed E-state index contributed by atoms with van der Waals surface area (Å²) in [6.07, 6.45) is -1.43. The monoisotopic (exact) mass is 448 g/mol. The van der Waals surface area contributed by atoms with Gasteiger partial charge in [0, 0.05) is 11.6 Å². The zero-order valence-corrected chi connectivity index (χ0v) is 17.2. The third-order valence-corrected chi connectivity index (χ3v) is 5.62. The molecule has 2 heterocycles. The van der Waals surface area contributed by atoms with Crippen molar-refractivity contribution in [1.29, 1.82) is 0 Å². The fraction of sp³-hybridized carbons (Fsp3) is 0.273. The Morgan fingerprint density at radius 2 is 1.87 bits per heavy atom. The number of rotatable bonds is 4. The van der Waals surface area contributed by atoms with Gasteiger partial charge >= 0.3 is 6.18 Å². The van der Waals surface area contributed by atoms with E-state index < -0.39 is 17.6 Å². The lowest BCUT2D eigenvalue weighted by Crippen LogP contribution is -2.29. The number of benzene rings is 2. The molecule has 1 aliphatic rings. The summed E-state index contributed by atoms with van der Waals surface area (Å²) < 4.78 is 40.7. The number of aromatic nitrogens is 2. The average molecular weight is 449 g/mol. The van der Waals surface area contributed by atoms with Gasteiger partial charge < -0.3 is 10.6 Å². The average Bonchev–Trinajstić information content (AvgIpc) is 3.19. The fourth-order valence-electron chi connectivity index (χ4n) is 3.81. The molecule has 31 heavy (non-hydrogen) atoms. The fourth-order valence-corrected chi connectivity index (χ4v) is 4.02. The first-order valence-corrected chi connectivity index (χ1v) is 10.2. The zero-order chi connectivity index (χ0) is 22.0. The molecule has 0 unspecified atom stereocenters. The first-order chi connectivity index (χ1) is 14.8. The highest BCUT2D eigenvalue weighted by Crippen LogP contribution is 2.33. The number of nitrogens with zero attached hydrogens (tertiary/aromatic N) is 2. The van der Waals surface area contributed by atoms with E-state index in [1.165, 1.54) is 18.3 Å². The van der Waals surface area contributed by atoms with Gasteiger partial charge in [-0.3, -0.25) is 4.79 Å². The van der Waals surface area contributed by atoms with Crippen molar-refractivity contribution < 1.29 is 18.0 Å². The molecule has 1 aliphatic heterocycles. The summed E-state index contributed by atoms with van der Waals surface area (Å²) in [4.78, 5) is 13.1. The summed E-state index contributed by atoms with van der Waals surface area (Å²) in [5, 5.41) is 10.8. The summed E-state index contributed by atoms with van der Waals surface area (Å²) in [6, 6.07) is 11.8. The van der Waals surface area contributed by atoms with Crippen LogP contribution in [0.4, 0.5) is 18.9 Å². The van der Waals surface area contributed by atoms with Gasteiger partial charge in [0.05, 0.1) is 33.7 Å². The molecule has 9 heteroatoms. The van der Waals surface area contributed by atoms with Gasteiger partial charge in [0.2, 0.25) is 0 Å². The standard InChI is InChI=1S/C22H20ClF3N4O/c23-18-6-1-2-7-19(18)30-20(14-8-10-27-11-9-14)17(13-28-30)21(31)29-16-5-3-4-15(12-16)22(24,25)26/h1-7,12-14,27H,8-11H2,(H,29,31). The third kappa shape index (κ3) is 4.60.